The van der Waals surface area contributed by atoms with E-state index in [9.17, 15) is 4.79 Å². The smallest absolute Gasteiger partial charge is 0.258 e. The summed E-state index contributed by atoms with van der Waals surface area (Å²) >= 11 is 5.84. The maximum absolute atomic E-state index is 11.9. The molecule has 2 rings (SSSR count). The van der Waals surface area contributed by atoms with Crippen LogP contribution in [0.25, 0.3) is 11.1 Å². The Kier molecular flexibility index (Phi) is 3.29. The van der Waals surface area contributed by atoms with E-state index in [0.717, 1.165) is 11.3 Å². The van der Waals surface area contributed by atoms with Gasteiger partial charge in [-0.3, -0.25) is 4.79 Å². The van der Waals surface area contributed by atoms with Crippen LogP contribution in [0.4, 0.5) is 0 Å². The Labute approximate surface area is 104 Å². The van der Waals surface area contributed by atoms with Crippen LogP contribution < -0.4 is 5.56 Å². The molecule has 1 heterocycles. The van der Waals surface area contributed by atoms with E-state index < -0.39 is 0 Å². The normalized spacial score (nSPS) is 10.8. The van der Waals surface area contributed by atoms with Crippen LogP contribution in [0.3, 0.4) is 0 Å². The second kappa shape index (κ2) is 4.72. The summed E-state index contributed by atoms with van der Waals surface area (Å²) in [6.45, 7) is 4.03. The Hall–Kier alpha value is -1.61. The molecule has 0 saturated carbocycles. The second-order valence-electron chi connectivity index (χ2n) is 4.15. The number of benzene rings is 1. The highest BCUT2D eigenvalue weighted by molar-refractivity contribution is 6.30. The van der Waals surface area contributed by atoms with Crippen LogP contribution in [0.15, 0.2) is 35.4 Å². The number of hydrogen-bond donors (Lipinski definition) is 1. The fourth-order valence-corrected chi connectivity index (χ4v) is 1.87. The molecule has 17 heavy (non-hydrogen) atoms. The molecule has 88 valence electrons. The minimum absolute atomic E-state index is 0.119. The first kappa shape index (κ1) is 11.9. The van der Waals surface area contributed by atoms with Gasteiger partial charge in [-0.25, -0.2) is 4.98 Å². The van der Waals surface area contributed by atoms with Crippen LogP contribution in [-0.4, -0.2) is 9.97 Å². The fraction of sp³-hybridized carbons (Fsp3) is 0.231. The Morgan fingerprint density at radius 3 is 2.47 bits per heavy atom. The van der Waals surface area contributed by atoms with Crippen LogP contribution in [0, 0.1) is 0 Å². The van der Waals surface area contributed by atoms with Crippen molar-refractivity contribution in [2.75, 3.05) is 0 Å². The van der Waals surface area contributed by atoms with E-state index in [0.29, 0.717) is 10.6 Å². The fourth-order valence-electron chi connectivity index (χ4n) is 1.75. The van der Waals surface area contributed by atoms with Crippen LogP contribution >= 0.6 is 11.6 Å². The number of halogens is 1. The van der Waals surface area contributed by atoms with Crippen LogP contribution in [0.5, 0.6) is 0 Å². The summed E-state index contributed by atoms with van der Waals surface area (Å²) < 4.78 is 0. The van der Waals surface area contributed by atoms with Crippen molar-refractivity contribution in [3.63, 3.8) is 0 Å². The van der Waals surface area contributed by atoms with E-state index in [-0.39, 0.29) is 11.5 Å². The summed E-state index contributed by atoms with van der Waals surface area (Å²) in [7, 11) is 0. The van der Waals surface area contributed by atoms with Crippen molar-refractivity contribution in [1.29, 1.82) is 0 Å². The molecule has 4 heteroatoms. The molecule has 1 aromatic heterocycles. The van der Waals surface area contributed by atoms with Gasteiger partial charge in [0.2, 0.25) is 0 Å². The lowest BCUT2D eigenvalue weighted by Gasteiger charge is -2.10. The number of nitrogens with one attached hydrogen (secondary N) is 1. The molecule has 0 bridgehead atoms. The molecule has 0 aliphatic carbocycles. The molecule has 0 unspecified atom stereocenters. The summed E-state index contributed by atoms with van der Waals surface area (Å²) in [6, 6.07) is 7.21. The van der Waals surface area contributed by atoms with E-state index in [2.05, 4.69) is 9.97 Å². The number of nitrogens with zero attached hydrogens (tertiary/aromatic N) is 1. The van der Waals surface area contributed by atoms with Crippen molar-refractivity contribution >= 4 is 11.6 Å². The zero-order chi connectivity index (χ0) is 12.4. The van der Waals surface area contributed by atoms with Gasteiger partial charge in [-0.05, 0) is 23.6 Å². The minimum atomic E-state index is -0.119. The lowest BCUT2D eigenvalue weighted by Crippen LogP contribution is -2.14. The van der Waals surface area contributed by atoms with Crippen molar-refractivity contribution in [3.8, 4) is 11.1 Å². The predicted molar refractivity (Wildman–Crippen MR) is 69.4 cm³/mol. The molecule has 1 aromatic carbocycles. The molecule has 2 aromatic rings. The van der Waals surface area contributed by atoms with Gasteiger partial charge in [-0.15, -0.1) is 0 Å². The van der Waals surface area contributed by atoms with Crippen LogP contribution in [-0.2, 0) is 0 Å². The highest BCUT2D eigenvalue weighted by Crippen LogP contribution is 2.24. The lowest BCUT2D eigenvalue weighted by molar-refractivity contribution is 0.812. The zero-order valence-corrected chi connectivity index (χ0v) is 10.5. The second-order valence-corrected chi connectivity index (χ2v) is 4.59. The first-order valence-corrected chi connectivity index (χ1v) is 5.81. The molecule has 0 aliphatic rings. The van der Waals surface area contributed by atoms with Gasteiger partial charge in [0.25, 0.3) is 5.56 Å². The standard InChI is InChI=1S/C13H13ClN2O/c1-8(2)12-11(13(17)16-7-15-12)9-3-5-10(14)6-4-9/h3-8H,1-2H3,(H,15,16,17). The Balaban J connectivity index is 2.65. The molecule has 0 saturated heterocycles. The highest BCUT2D eigenvalue weighted by atomic mass is 35.5. The molecule has 0 fully saturated rings. The van der Waals surface area contributed by atoms with E-state index >= 15 is 0 Å². The number of rotatable bonds is 2. The zero-order valence-electron chi connectivity index (χ0n) is 9.70. The third-order valence-electron chi connectivity index (χ3n) is 2.56. The van der Waals surface area contributed by atoms with Crippen molar-refractivity contribution in [1.82, 2.24) is 9.97 Å². The summed E-state index contributed by atoms with van der Waals surface area (Å²) in [5.41, 5.74) is 2.15. The van der Waals surface area contributed by atoms with E-state index in [1.54, 1.807) is 12.1 Å². The number of aromatic nitrogens is 2. The number of hydrogen-bond acceptors (Lipinski definition) is 2. The van der Waals surface area contributed by atoms with Gasteiger partial charge in [0.15, 0.2) is 0 Å². The van der Waals surface area contributed by atoms with Crippen molar-refractivity contribution in [2.24, 2.45) is 0 Å². The molecule has 0 spiro atoms. The molecule has 0 radical (unpaired) electrons. The first-order valence-electron chi connectivity index (χ1n) is 5.43. The topological polar surface area (TPSA) is 45.8 Å². The summed E-state index contributed by atoms with van der Waals surface area (Å²) in [5, 5.41) is 0.653. The largest absolute Gasteiger partial charge is 0.313 e. The average Bonchev–Trinajstić information content (AvgIpc) is 2.30. The summed E-state index contributed by atoms with van der Waals surface area (Å²) in [4.78, 5) is 18.8. The average molecular weight is 249 g/mol. The quantitative estimate of drug-likeness (QED) is 0.887. The lowest BCUT2D eigenvalue weighted by atomic mass is 9.99. The molecule has 0 aliphatic heterocycles. The highest BCUT2D eigenvalue weighted by Gasteiger charge is 2.13. The Bertz CT molecular complexity index is 573. The summed E-state index contributed by atoms with van der Waals surface area (Å²) in [6.07, 6.45) is 1.44. The first-order chi connectivity index (χ1) is 8.09. The van der Waals surface area contributed by atoms with Gasteiger partial charge in [-0.2, -0.15) is 0 Å². The van der Waals surface area contributed by atoms with E-state index in [1.165, 1.54) is 6.33 Å². The SMILES string of the molecule is CC(C)c1nc[nH]c(=O)c1-c1ccc(Cl)cc1. The van der Waals surface area contributed by atoms with E-state index in [1.807, 2.05) is 26.0 Å². The molecule has 3 nitrogen and oxygen atoms in total. The molecule has 0 atom stereocenters. The van der Waals surface area contributed by atoms with Crippen molar-refractivity contribution in [2.45, 2.75) is 19.8 Å². The number of aromatic amines is 1. The van der Waals surface area contributed by atoms with Gasteiger partial charge in [-0.1, -0.05) is 37.6 Å². The molecular weight excluding hydrogens is 236 g/mol. The molecule has 0 amide bonds. The monoisotopic (exact) mass is 248 g/mol. The van der Waals surface area contributed by atoms with Crippen LogP contribution in [0.1, 0.15) is 25.5 Å². The van der Waals surface area contributed by atoms with Crippen molar-refractivity contribution in [3.05, 3.63) is 51.7 Å². The number of H-pyrrole nitrogens is 1. The predicted octanol–water partition coefficient (Wildman–Crippen LogP) is 3.21. The van der Waals surface area contributed by atoms with Gasteiger partial charge in [0.05, 0.1) is 17.6 Å². The Morgan fingerprint density at radius 1 is 1.24 bits per heavy atom. The Morgan fingerprint density at radius 2 is 1.88 bits per heavy atom. The molecule has 1 N–H and O–H groups in total. The maximum Gasteiger partial charge on any atom is 0.258 e. The minimum Gasteiger partial charge on any atom is -0.313 e. The van der Waals surface area contributed by atoms with E-state index in [4.69, 9.17) is 11.6 Å². The van der Waals surface area contributed by atoms with Gasteiger partial charge in [0.1, 0.15) is 0 Å². The maximum atomic E-state index is 11.9. The van der Waals surface area contributed by atoms with Gasteiger partial charge in [0, 0.05) is 5.02 Å². The third-order valence-corrected chi connectivity index (χ3v) is 2.81. The van der Waals surface area contributed by atoms with Crippen molar-refractivity contribution < 1.29 is 0 Å². The van der Waals surface area contributed by atoms with Gasteiger partial charge >= 0.3 is 0 Å². The summed E-state index contributed by atoms with van der Waals surface area (Å²) in [5.74, 6) is 0.197. The molecular formula is C13H13ClN2O. The third kappa shape index (κ3) is 2.39. The van der Waals surface area contributed by atoms with Crippen LogP contribution in [0.2, 0.25) is 5.02 Å². The van der Waals surface area contributed by atoms with Gasteiger partial charge < -0.3 is 4.98 Å².